The van der Waals surface area contributed by atoms with Gasteiger partial charge in [-0.1, -0.05) is 6.07 Å². The van der Waals surface area contributed by atoms with Gasteiger partial charge in [0.25, 0.3) is 0 Å². The maximum Gasteiger partial charge on any atom is 0.137 e. The first-order valence-corrected chi connectivity index (χ1v) is 7.36. The van der Waals surface area contributed by atoms with Gasteiger partial charge in [0.15, 0.2) is 0 Å². The first kappa shape index (κ1) is 13.6. The number of aryl methyl sites for hydroxylation is 1. The van der Waals surface area contributed by atoms with Gasteiger partial charge in [0.2, 0.25) is 0 Å². The summed E-state index contributed by atoms with van der Waals surface area (Å²) in [4.78, 5) is 8.69. The van der Waals surface area contributed by atoms with Crippen molar-refractivity contribution >= 4 is 16.7 Å². The first-order chi connectivity index (χ1) is 11.3. The zero-order valence-electron chi connectivity index (χ0n) is 12.6. The highest BCUT2D eigenvalue weighted by Gasteiger charge is 2.07. The van der Waals surface area contributed by atoms with E-state index in [9.17, 15) is 0 Å². The van der Waals surface area contributed by atoms with E-state index < -0.39 is 0 Å². The van der Waals surface area contributed by atoms with Crippen LogP contribution in [0, 0.1) is 6.92 Å². The molecule has 0 bridgehead atoms. The summed E-state index contributed by atoms with van der Waals surface area (Å²) in [6.07, 6.45) is 4.96. The van der Waals surface area contributed by atoms with Gasteiger partial charge in [0.05, 0.1) is 24.6 Å². The second kappa shape index (κ2) is 5.61. The molecule has 0 atom stereocenters. The van der Waals surface area contributed by atoms with Crippen LogP contribution in [0.1, 0.15) is 11.5 Å². The summed E-state index contributed by atoms with van der Waals surface area (Å²) in [6.45, 7) is 2.51. The van der Waals surface area contributed by atoms with Gasteiger partial charge in [0, 0.05) is 10.9 Å². The van der Waals surface area contributed by atoms with Gasteiger partial charge in [-0.25, -0.2) is 9.97 Å². The largest absolute Gasteiger partial charge is 0.472 e. The minimum Gasteiger partial charge on any atom is -0.472 e. The van der Waals surface area contributed by atoms with Crippen molar-refractivity contribution in [3.63, 3.8) is 0 Å². The lowest BCUT2D eigenvalue weighted by atomic mass is 10.1. The van der Waals surface area contributed by atoms with E-state index in [1.54, 1.807) is 18.9 Å². The SMILES string of the molecule is Cc1ccc(CNc2ncnc3ccc(-c4ccoc4)cc23)o1. The zero-order chi connectivity index (χ0) is 15.6. The summed E-state index contributed by atoms with van der Waals surface area (Å²) in [7, 11) is 0. The average Bonchev–Trinajstić information content (AvgIpc) is 3.24. The molecule has 0 spiro atoms. The molecule has 0 aliphatic heterocycles. The van der Waals surface area contributed by atoms with Gasteiger partial charge in [-0.05, 0) is 42.8 Å². The third kappa shape index (κ3) is 2.68. The average molecular weight is 305 g/mol. The number of furan rings is 2. The topological polar surface area (TPSA) is 64.1 Å². The molecule has 0 unspecified atom stereocenters. The van der Waals surface area contributed by atoms with Gasteiger partial charge >= 0.3 is 0 Å². The van der Waals surface area contributed by atoms with E-state index in [2.05, 4.69) is 21.4 Å². The Morgan fingerprint density at radius 2 is 2.00 bits per heavy atom. The number of aromatic nitrogens is 2. The highest BCUT2D eigenvalue weighted by molar-refractivity contribution is 5.92. The van der Waals surface area contributed by atoms with E-state index in [1.165, 1.54) is 0 Å². The van der Waals surface area contributed by atoms with Crippen molar-refractivity contribution in [3.05, 3.63) is 66.8 Å². The second-order valence-electron chi connectivity index (χ2n) is 5.33. The van der Waals surface area contributed by atoms with Crippen molar-refractivity contribution in [1.82, 2.24) is 9.97 Å². The monoisotopic (exact) mass is 305 g/mol. The normalized spacial score (nSPS) is 11.0. The quantitative estimate of drug-likeness (QED) is 0.605. The smallest absolute Gasteiger partial charge is 0.137 e. The first-order valence-electron chi connectivity index (χ1n) is 7.36. The number of hydrogen-bond acceptors (Lipinski definition) is 5. The molecule has 3 heterocycles. The second-order valence-corrected chi connectivity index (χ2v) is 5.33. The minimum atomic E-state index is 0.579. The molecule has 23 heavy (non-hydrogen) atoms. The fourth-order valence-corrected chi connectivity index (χ4v) is 2.56. The number of benzene rings is 1. The number of rotatable bonds is 4. The van der Waals surface area contributed by atoms with E-state index in [0.717, 1.165) is 39.4 Å². The summed E-state index contributed by atoms with van der Waals surface area (Å²) in [5, 5.41) is 4.29. The fraction of sp³-hybridized carbons (Fsp3) is 0.111. The molecule has 4 rings (SSSR count). The molecule has 0 fully saturated rings. The van der Waals surface area contributed by atoms with Crippen LogP contribution in [0.2, 0.25) is 0 Å². The summed E-state index contributed by atoms with van der Waals surface area (Å²) in [5.74, 6) is 2.56. The number of fused-ring (bicyclic) bond motifs is 1. The zero-order valence-corrected chi connectivity index (χ0v) is 12.6. The molecule has 0 aliphatic carbocycles. The lowest BCUT2D eigenvalue weighted by Gasteiger charge is -2.08. The molecular weight excluding hydrogens is 290 g/mol. The summed E-state index contributed by atoms with van der Waals surface area (Å²) in [5.41, 5.74) is 2.99. The van der Waals surface area contributed by atoms with Crippen LogP contribution in [0.4, 0.5) is 5.82 Å². The highest BCUT2D eigenvalue weighted by atomic mass is 16.3. The summed E-state index contributed by atoms with van der Waals surface area (Å²) < 4.78 is 10.7. The summed E-state index contributed by atoms with van der Waals surface area (Å²) in [6, 6.07) is 11.9. The molecule has 0 aliphatic rings. The standard InChI is InChI=1S/C18H15N3O2/c1-12-2-4-15(23-12)9-19-18-16-8-13(14-6-7-22-10-14)3-5-17(16)20-11-21-18/h2-8,10-11H,9H2,1H3,(H,19,20,21). The lowest BCUT2D eigenvalue weighted by molar-refractivity contribution is 0.490. The molecule has 3 aromatic heterocycles. The van der Waals surface area contributed by atoms with E-state index in [1.807, 2.05) is 37.3 Å². The predicted molar refractivity (Wildman–Crippen MR) is 88.0 cm³/mol. The highest BCUT2D eigenvalue weighted by Crippen LogP contribution is 2.27. The van der Waals surface area contributed by atoms with Gasteiger partial charge in [0.1, 0.15) is 23.7 Å². The number of nitrogens with zero attached hydrogens (tertiary/aromatic N) is 2. The molecule has 1 aromatic carbocycles. The Bertz CT molecular complexity index is 942. The molecule has 1 N–H and O–H groups in total. The molecule has 4 aromatic rings. The Hall–Kier alpha value is -3.08. The molecular formula is C18H15N3O2. The molecule has 114 valence electrons. The van der Waals surface area contributed by atoms with Gasteiger partial charge in [-0.2, -0.15) is 0 Å². The third-order valence-corrected chi connectivity index (χ3v) is 3.72. The van der Waals surface area contributed by atoms with E-state index in [4.69, 9.17) is 8.83 Å². The van der Waals surface area contributed by atoms with Crippen LogP contribution in [-0.4, -0.2) is 9.97 Å². The van der Waals surface area contributed by atoms with Gasteiger partial charge < -0.3 is 14.2 Å². The Kier molecular flexibility index (Phi) is 3.31. The molecule has 5 nitrogen and oxygen atoms in total. The van der Waals surface area contributed by atoms with Crippen molar-refractivity contribution in [1.29, 1.82) is 0 Å². The van der Waals surface area contributed by atoms with Crippen LogP contribution >= 0.6 is 0 Å². The Balaban J connectivity index is 1.69. The van der Waals surface area contributed by atoms with Crippen LogP contribution in [0.3, 0.4) is 0 Å². The molecule has 5 heteroatoms. The van der Waals surface area contributed by atoms with Gasteiger partial charge in [-0.15, -0.1) is 0 Å². The Labute approximate surface area is 133 Å². The maximum absolute atomic E-state index is 5.58. The van der Waals surface area contributed by atoms with Crippen molar-refractivity contribution in [2.45, 2.75) is 13.5 Å². The van der Waals surface area contributed by atoms with Crippen LogP contribution in [0.25, 0.3) is 22.0 Å². The van der Waals surface area contributed by atoms with Crippen molar-refractivity contribution in [3.8, 4) is 11.1 Å². The number of hydrogen-bond donors (Lipinski definition) is 1. The third-order valence-electron chi connectivity index (χ3n) is 3.72. The van der Waals surface area contributed by atoms with E-state index in [-0.39, 0.29) is 0 Å². The summed E-state index contributed by atoms with van der Waals surface area (Å²) >= 11 is 0. The number of nitrogens with one attached hydrogen (secondary N) is 1. The number of anilines is 1. The lowest BCUT2D eigenvalue weighted by Crippen LogP contribution is -2.01. The van der Waals surface area contributed by atoms with E-state index in [0.29, 0.717) is 6.54 Å². The minimum absolute atomic E-state index is 0.579. The maximum atomic E-state index is 5.58. The molecule has 0 saturated carbocycles. The molecule has 0 saturated heterocycles. The van der Waals surface area contributed by atoms with Crippen LogP contribution in [0.5, 0.6) is 0 Å². The molecule has 0 radical (unpaired) electrons. The molecule has 0 amide bonds. The van der Waals surface area contributed by atoms with Gasteiger partial charge in [-0.3, -0.25) is 0 Å². The van der Waals surface area contributed by atoms with Crippen LogP contribution in [-0.2, 0) is 6.54 Å². The predicted octanol–water partition coefficient (Wildman–Crippen LogP) is 4.40. The Morgan fingerprint density at radius 1 is 1.04 bits per heavy atom. The van der Waals surface area contributed by atoms with Crippen LogP contribution < -0.4 is 5.32 Å². The van der Waals surface area contributed by atoms with E-state index >= 15 is 0 Å². The Morgan fingerprint density at radius 3 is 2.78 bits per heavy atom. The van der Waals surface area contributed by atoms with Crippen molar-refractivity contribution in [2.75, 3.05) is 5.32 Å². The fourth-order valence-electron chi connectivity index (χ4n) is 2.56. The van der Waals surface area contributed by atoms with Crippen molar-refractivity contribution < 1.29 is 8.83 Å². The van der Waals surface area contributed by atoms with Crippen molar-refractivity contribution in [2.24, 2.45) is 0 Å². The van der Waals surface area contributed by atoms with Crippen LogP contribution in [0.15, 0.2) is 64.1 Å².